The van der Waals surface area contributed by atoms with Crippen molar-refractivity contribution in [3.05, 3.63) is 34.1 Å². The lowest BCUT2D eigenvalue weighted by Gasteiger charge is -2.37. The Balaban J connectivity index is 1.71. The molecule has 2 fully saturated rings. The van der Waals surface area contributed by atoms with E-state index in [1.807, 2.05) is 4.90 Å². The first-order chi connectivity index (χ1) is 11.5. The lowest BCUT2D eigenvalue weighted by Crippen LogP contribution is -2.44. The zero-order valence-electron chi connectivity index (χ0n) is 13.5. The first-order valence-electron chi connectivity index (χ1n) is 8.51. The largest absolute Gasteiger partial charge is 0.370 e. The van der Waals surface area contributed by atoms with Gasteiger partial charge in [-0.25, -0.2) is 4.39 Å². The average molecular weight is 397 g/mol. The van der Waals surface area contributed by atoms with Gasteiger partial charge < -0.3 is 10.6 Å². The second-order valence-corrected chi connectivity index (χ2v) is 7.83. The van der Waals surface area contributed by atoms with Crippen LogP contribution in [0.5, 0.6) is 0 Å². The average Bonchev–Trinajstić information content (AvgIpc) is 3.33. The fourth-order valence-electron chi connectivity index (χ4n) is 3.70. The number of primary amides is 1. The second-order valence-electron chi connectivity index (χ2n) is 6.91. The zero-order valence-corrected chi connectivity index (χ0v) is 15.1. The summed E-state index contributed by atoms with van der Waals surface area (Å²) in [4.78, 5) is 25.9. The van der Waals surface area contributed by atoms with Gasteiger partial charge in [-0.05, 0) is 62.6 Å². The highest BCUT2D eigenvalue weighted by atomic mass is 79.9. The molecule has 0 spiro atoms. The van der Waals surface area contributed by atoms with Crippen molar-refractivity contribution in [2.24, 2.45) is 11.7 Å². The monoisotopic (exact) mass is 396 g/mol. The number of hydrogen-bond donors (Lipinski definition) is 1. The minimum absolute atomic E-state index is 0.136. The van der Waals surface area contributed by atoms with E-state index in [4.69, 9.17) is 5.73 Å². The van der Waals surface area contributed by atoms with Crippen molar-refractivity contribution in [1.29, 1.82) is 0 Å². The molecule has 0 unspecified atom stereocenters. The summed E-state index contributed by atoms with van der Waals surface area (Å²) in [6.45, 7) is 0. The molecule has 2 amide bonds. The van der Waals surface area contributed by atoms with Crippen LogP contribution in [0.25, 0.3) is 0 Å². The molecule has 0 atom stereocenters. The quantitative estimate of drug-likeness (QED) is 0.825. The maximum atomic E-state index is 14.2. The van der Waals surface area contributed by atoms with Crippen LogP contribution in [-0.2, 0) is 4.79 Å². The summed E-state index contributed by atoms with van der Waals surface area (Å²) in [5.74, 6) is -0.631. The third-order valence-electron chi connectivity index (χ3n) is 5.04. The summed E-state index contributed by atoms with van der Waals surface area (Å²) < 4.78 is 14.8. The lowest BCUT2D eigenvalue weighted by atomic mass is 9.83. The van der Waals surface area contributed by atoms with Crippen molar-refractivity contribution in [3.8, 4) is 0 Å². The molecule has 2 saturated carbocycles. The van der Waals surface area contributed by atoms with Gasteiger partial charge in [-0.2, -0.15) is 0 Å². The van der Waals surface area contributed by atoms with Crippen molar-refractivity contribution in [3.63, 3.8) is 0 Å². The van der Waals surface area contributed by atoms with E-state index >= 15 is 0 Å². The second kappa shape index (κ2) is 7.21. The lowest BCUT2D eigenvalue weighted by molar-refractivity contribution is -0.119. The van der Waals surface area contributed by atoms with E-state index in [2.05, 4.69) is 15.9 Å². The van der Waals surface area contributed by atoms with E-state index in [9.17, 15) is 14.0 Å². The van der Waals surface area contributed by atoms with Crippen molar-refractivity contribution in [2.75, 3.05) is 0 Å². The van der Waals surface area contributed by atoms with Crippen LogP contribution >= 0.6 is 15.9 Å². The van der Waals surface area contributed by atoms with Gasteiger partial charge >= 0.3 is 0 Å². The topological polar surface area (TPSA) is 63.4 Å². The Labute approximate surface area is 149 Å². The van der Waals surface area contributed by atoms with Gasteiger partial charge in [0.15, 0.2) is 0 Å². The minimum Gasteiger partial charge on any atom is -0.370 e. The molecule has 0 heterocycles. The molecule has 0 saturated heterocycles. The number of rotatable bonds is 5. The first-order valence-corrected chi connectivity index (χ1v) is 9.31. The fourth-order valence-corrected chi connectivity index (χ4v) is 4.03. The van der Waals surface area contributed by atoms with Gasteiger partial charge in [0, 0.05) is 23.0 Å². The molecular weight excluding hydrogens is 375 g/mol. The number of amides is 2. The van der Waals surface area contributed by atoms with E-state index in [0.29, 0.717) is 16.8 Å². The van der Waals surface area contributed by atoms with Crippen LogP contribution in [-0.4, -0.2) is 28.8 Å². The molecule has 1 aromatic carbocycles. The fraction of sp³-hybridized carbons (Fsp3) is 0.556. The van der Waals surface area contributed by atoms with Gasteiger partial charge in [0.05, 0.1) is 5.56 Å². The smallest absolute Gasteiger partial charge is 0.257 e. The van der Waals surface area contributed by atoms with Crippen LogP contribution in [0, 0.1) is 11.7 Å². The number of nitrogens with two attached hydrogens (primary N) is 1. The highest BCUT2D eigenvalue weighted by molar-refractivity contribution is 9.10. The van der Waals surface area contributed by atoms with Crippen LogP contribution in [0.4, 0.5) is 4.39 Å². The number of nitrogens with zero attached hydrogens (tertiary/aromatic N) is 1. The predicted octanol–water partition coefficient (Wildman–Crippen LogP) is 3.63. The normalized spacial score (nSPS) is 23.8. The Bertz CT molecular complexity index is 640. The third-order valence-corrected chi connectivity index (χ3v) is 5.53. The molecule has 0 aliphatic heterocycles. The molecule has 3 rings (SSSR count). The molecule has 2 aliphatic carbocycles. The summed E-state index contributed by atoms with van der Waals surface area (Å²) in [6, 6.07) is 4.96. The van der Waals surface area contributed by atoms with E-state index < -0.39 is 5.82 Å². The summed E-state index contributed by atoms with van der Waals surface area (Å²) in [7, 11) is 0. The molecular formula is C18H22BrFN2O2. The van der Waals surface area contributed by atoms with Gasteiger partial charge in [0.25, 0.3) is 5.91 Å². The third kappa shape index (κ3) is 3.97. The van der Waals surface area contributed by atoms with Gasteiger partial charge in [0.2, 0.25) is 5.91 Å². The van der Waals surface area contributed by atoms with Crippen LogP contribution < -0.4 is 5.73 Å². The number of carbonyl (C=O) groups is 2. The standard InChI is InChI=1S/C18H22BrFN2O2/c19-12-3-8-15(16(20)10-12)18(24)22(14-6-7-14)13-4-1-11(2-5-13)9-17(21)23/h3,8,10-11,13-14H,1-2,4-7,9H2,(H2,21,23). The molecule has 4 nitrogen and oxygen atoms in total. The molecule has 0 aromatic heterocycles. The number of carbonyl (C=O) groups excluding carboxylic acids is 2. The molecule has 1 aromatic rings. The number of benzene rings is 1. The van der Waals surface area contributed by atoms with Gasteiger partial charge in [-0.3, -0.25) is 9.59 Å². The highest BCUT2D eigenvalue weighted by Gasteiger charge is 2.39. The van der Waals surface area contributed by atoms with Crippen LogP contribution in [0.15, 0.2) is 22.7 Å². The Morgan fingerprint density at radius 2 is 1.71 bits per heavy atom. The molecule has 0 bridgehead atoms. The summed E-state index contributed by atoms with van der Waals surface area (Å²) in [5.41, 5.74) is 5.42. The Hall–Kier alpha value is -1.43. The van der Waals surface area contributed by atoms with Gasteiger partial charge in [-0.15, -0.1) is 0 Å². The van der Waals surface area contributed by atoms with E-state index in [0.717, 1.165) is 38.5 Å². The molecule has 24 heavy (non-hydrogen) atoms. The zero-order chi connectivity index (χ0) is 17.3. The molecule has 6 heteroatoms. The molecule has 2 N–H and O–H groups in total. The summed E-state index contributed by atoms with van der Waals surface area (Å²) in [5, 5.41) is 0. The Kier molecular flexibility index (Phi) is 5.23. The van der Waals surface area contributed by atoms with Crippen LogP contribution in [0.3, 0.4) is 0 Å². The van der Waals surface area contributed by atoms with Gasteiger partial charge in [-0.1, -0.05) is 15.9 Å². The Morgan fingerprint density at radius 3 is 2.21 bits per heavy atom. The summed E-state index contributed by atoms with van der Waals surface area (Å²) in [6.07, 6.45) is 5.91. The minimum atomic E-state index is -0.484. The van der Waals surface area contributed by atoms with Gasteiger partial charge in [0.1, 0.15) is 5.82 Å². The molecule has 130 valence electrons. The van der Waals surface area contributed by atoms with Crippen molar-refractivity contribution < 1.29 is 14.0 Å². The SMILES string of the molecule is NC(=O)CC1CCC(N(C(=O)c2ccc(Br)cc2F)C2CC2)CC1. The maximum Gasteiger partial charge on any atom is 0.257 e. The molecule has 0 radical (unpaired) electrons. The number of hydrogen-bond acceptors (Lipinski definition) is 2. The predicted molar refractivity (Wildman–Crippen MR) is 92.8 cm³/mol. The van der Waals surface area contributed by atoms with Crippen LogP contribution in [0.1, 0.15) is 55.3 Å². The summed E-state index contributed by atoms with van der Waals surface area (Å²) >= 11 is 3.22. The number of halogens is 2. The Morgan fingerprint density at radius 1 is 1.12 bits per heavy atom. The van der Waals surface area contributed by atoms with E-state index in [-0.39, 0.29) is 29.5 Å². The van der Waals surface area contributed by atoms with E-state index in [1.165, 1.54) is 6.07 Å². The van der Waals surface area contributed by atoms with Crippen molar-refractivity contribution >= 4 is 27.7 Å². The van der Waals surface area contributed by atoms with Crippen molar-refractivity contribution in [2.45, 2.75) is 57.0 Å². The van der Waals surface area contributed by atoms with E-state index in [1.54, 1.807) is 12.1 Å². The molecule has 2 aliphatic rings. The maximum absolute atomic E-state index is 14.2. The van der Waals surface area contributed by atoms with Crippen molar-refractivity contribution in [1.82, 2.24) is 4.90 Å². The van der Waals surface area contributed by atoms with Crippen LogP contribution in [0.2, 0.25) is 0 Å². The first kappa shape index (κ1) is 17.4. The highest BCUT2D eigenvalue weighted by Crippen LogP contribution is 2.37.